The Morgan fingerprint density at radius 2 is 1.94 bits per heavy atom. The first kappa shape index (κ1) is 21.8. The Hall–Kier alpha value is -4.42. The third-order valence-electron chi connectivity index (χ3n) is 4.59. The Balaban J connectivity index is 1.54. The van der Waals surface area contributed by atoms with Crippen LogP contribution in [0.4, 0.5) is 11.4 Å². The minimum absolute atomic E-state index is 0.0515. The van der Waals surface area contributed by atoms with E-state index in [4.69, 9.17) is 4.74 Å². The van der Waals surface area contributed by atoms with Crippen molar-refractivity contribution in [2.75, 3.05) is 0 Å². The number of hydrogen-bond donors (Lipinski definition) is 1. The maximum absolute atomic E-state index is 12.4. The monoisotopic (exact) mass is 456 g/mol. The molecule has 1 fully saturated rings. The lowest BCUT2D eigenvalue weighted by Crippen LogP contribution is -2.19. The summed E-state index contributed by atoms with van der Waals surface area (Å²) in [7, 11) is 0. The van der Waals surface area contributed by atoms with E-state index in [9.17, 15) is 20.2 Å². The number of non-ortho nitro benzene ring substituents is 1. The second kappa shape index (κ2) is 9.38. The number of nitrogens with zero attached hydrogens (tertiary/aromatic N) is 3. The smallest absolute Gasteiger partial charge is 0.271 e. The fourth-order valence-electron chi connectivity index (χ4n) is 2.97. The molecule has 0 aromatic heterocycles. The number of amides is 1. The molecule has 8 nitrogen and oxygen atoms in total. The van der Waals surface area contributed by atoms with Gasteiger partial charge in [0, 0.05) is 12.1 Å². The van der Waals surface area contributed by atoms with E-state index in [2.05, 4.69) is 10.3 Å². The molecule has 1 aliphatic heterocycles. The standard InChI is InChI=1S/C24H16N4O4S/c1-15-5-7-18(8-6-15)26-24-27-23(29)22(33-24)12-16-3-2-4-20(11-16)32-21-10-9-19(28(30)31)13-17(21)14-25/h2-13H,1H3,(H,26,27,29)/b22-12-. The van der Waals surface area contributed by atoms with Crippen LogP contribution in [-0.4, -0.2) is 16.0 Å². The van der Waals surface area contributed by atoms with Gasteiger partial charge in [-0.2, -0.15) is 5.26 Å². The molecule has 0 saturated carbocycles. The Bertz CT molecular complexity index is 1360. The maximum Gasteiger partial charge on any atom is 0.271 e. The van der Waals surface area contributed by atoms with Crippen LogP contribution in [0, 0.1) is 28.4 Å². The zero-order chi connectivity index (χ0) is 23.4. The third-order valence-corrected chi connectivity index (χ3v) is 5.50. The highest BCUT2D eigenvalue weighted by Gasteiger charge is 2.24. The number of amidine groups is 1. The Morgan fingerprint density at radius 3 is 2.67 bits per heavy atom. The van der Waals surface area contributed by atoms with Crippen LogP contribution in [0.1, 0.15) is 16.7 Å². The van der Waals surface area contributed by atoms with Gasteiger partial charge in [0.05, 0.1) is 15.5 Å². The first-order chi connectivity index (χ1) is 15.9. The van der Waals surface area contributed by atoms with E-state index in [1.54, 1.807) is 24.3 Å². The molecular formula is C24H16N4O4S. The molecule has 33 heavy (non-hydrogen) atoms. The van der Waals surface area contributed by atoms with Gasteiger partial charge in [-0.1, -0.05) is 29.8 Å². The summed E-state index contributed by atoms with van der Waals surface area (Å²) in [5, 5.41) is 23.5. The first-order valence-electron chi connectivity index (χ1n) is 9.74. The predicted octanol–water partition coefficient (Wildman–Crippen LogP) is 5.46. The van der Waals surface area contributed by atoms with Gasteiger partial charge in [0.1, 0.15) is 23.1 Å². The molecule has 0 aliphatic carbocycles. The van der Waals surface area contributed by atoms with Crippen molar-refractivity contribution >= 4 is 40.3 Å². The molecule has 0 radical (unpaired) electrons. The average molecular weight is 456 g/mol. The molecule has 0 unspecified atom stereocenters. The summed E-state index contributed by atoms with van der Waals surface area (Å²) in [6, 6.07) is 20.3. The predicted molar refractivity (Wildman–Crippen MR) is 126 cm³/mol. The van der Waals surface area contributed by atoms with E-state index in [1.165, 1.54) is 23.9 Å². The van der Waals surface area contributed by atoms with Crippen LogP contribution < -0.4 is 10.1 Å². The van der Waals surface area contributed by atoms with Crippen molar-refractivity contribution in [3.63, 3.8) is 0 Å². The normalized spacial score (nSPS) is 15.3. The van der Waals surface area contributed by atoms with Crippen molar-refractivity contribution < 1.29 is 14.5 Å². The van der Waals surface area contributed by atoms with Crippen LogP contribution in [0.3, 0.4) is 0 Å². The molecule has 9 heteroatoms. The molecule has 1 heterocycles. The molecule has 1 aliphatic rings. The van der Waals surface area contributed by atoms with Crippen LogP contribution in [0.2, 0.25) is 0 Å². The highest BCUT2D eigenvalue weighted by atomic mass is 32.2. The number of nitriles is 1. The highest BCUT2D eigenvalue weighted by Crippen LogP contribution is 2.31. The molecule has 0 atom stereocenters. The molecule has 3 aromatic rings. The number of aryl methyl sites for hydroxylation is 1. The van der Waals surface area contributed by atoms with Crippen molar-refractivity contribution in [3.05, 3.63) is 98.4 Å². The quantitative estimate of drug-likeness (QED) is 0.309. The number of carbonyl (C=O) groups is 1. The number of carbonyl (C=O) groups excluding carboxylic acids is 1. The summed E-state index contributed by atoms with van der Waals surface area (Å²) in [4.78, 5) is 27.7. The number of nitro groups is 1. The molecular weight excluding hydrogens is 440 g/mol. The van der Waals surface area contributed by atoms with Crippen LogP contribution in [0.25, 0.3) is 6.08 Å². The SMILES string of the molecule is Cc1ccc(N=C2NC(=O)/C(=C/c3cccc(Oc4ccc([N+](=O)[O-])cc4C#N)c3)S2)cc1. The molecule has 1 amide bonds. The van der Waals surface area contributed by atoms with Crippen molar-refractivity contribution in [1.82, 2.24) is 5.32 Å². The summed E-state index contributed by atoms with van der Waals surface area (Å²) in [5.74, 6) is 0.374. The number of nitrogens with one attached hydrogen (secondary N) is 1. The third kappa shape index (κ3) is 5.26. The van der Waals surface area contributed by atoms with Gasteiger partial charge in [-0.3, -0.25) is 14.9 Å². The lowest BCUT2D eigenvalue weighted by molar-refractivity contribution is -0.384. The Labute approximate surface area is 193 Å². The number of ether oxygens (including phenoxy) is 1. The lowest BCUT2D eigenvalue weighted by atomic mass is 10.2. The summed E-state index contributed by atoms with van der Waals surface area (Å²) in [6.45, 7) is 1.99. The number of thioether (sulfide) groups is 1. The number of hydrogen-bond acceptors (Lipinski definition) is 7. The number of nitro benzene ring substituents is 1. The van der Waals surface area contributed by atoms with E-state index >= 15 is 0 Å². The largest absolute Gasteiger partial charge is 0.456 e. The summed E-state index contributed by atoms with van der Waals surface area (Å²) >= 11 is 1.24. The summed E-state index contributed by atoms with van der Waals surface area (Å²) in [6.07, 6.45) is 1.71. The fourth-order valence-corrected chi connectivity index (χ4v) is 3.81. The highest BCUT2D eigenvalue weighted by molar-refractivity contribution is 8.18. The first-order valence-corrected chi connectivity index (χ1v) is 10.6. The minimum atomic E-state index is -0.571. The van der Waals surface area contributed by atoms with Crippen molar-refractivity contribution in [2.45, 2.75) is 6.92 Å². The van der Waals surface area contributed by atoms with Crippen molar-refractivity contribution in [2.24, 2.45) is 4.99 Å². The molecule has 162 valence electrons. The Kier molecular flexibility index (Phi) is 6.20. The zero-order valence-corrected chi connectivity index (χ0v) is 18.1. The van der Waals surface area contributed by atoms with Gasteiger partial charge in [-0.05, 0) is 60.7 Å². The van der Waals surface area contributed by atoms with Crippen LogP contribution in [0.15, 0.2) is 76.6 Å². The van der Waals surface area contributed by atoms with Crippen LogP contribution in [-0.2, 0) is 4.79 Å². The second-order valence-electron chi connectivity index (χ2n) is 7.04. The van der Waals surface area contributed by atoms with Gasteiger partial charge in [-0.15, -0.1) is 0 Å². The van der Waals surface area contributed by atoms with E-state index < -0.39 is 4.92 Å². The molecule has 3 aromatic carbocycles. The van der Waals surface area contributed by atoms with Gasteiger partial charge in [-0.25, -0.2) is 4.99 Å². The molecule has 1 saturated heterocycles. The number of benzene rings is 3. The molecule has 1 N–H and O–H groups in total. The van der Waals surface area contributed by atoms with Gasteiger partial charge < -0.3 is 10.1 Å². The topological polar surface area (TPSA) is 118 Å². The van der Waals surface area contributed by atoms with Gasteiger partial charge in [0.2, 0.25) is 0 Å². The Morgan fingerprint density at radius 1 is 1.15 bits per heavy atom. The van der Waals surface area contributed by atoms with E-state index in [0.29, 0.717) is 21.4 Å². The lowest BCUT2D eigenvalue weighted by Gasteiger charge is -2.08. The number of aliphatic imine (C=N–C) groups is 1. The minimum Gasteiger partial charge on any atom is -0.456 e. The van der Waals surface area contributed by atoms with E-state index in [0.717, 1.165) is 17.3 Å². The van der Waals surface area contributed by atoms with Crippen molar-refractivity contribution in [1.29, 1.82) is 5.26 Å². The molecule has 0 spiro atoms. The van der Waals surface area contributed by atoms with Crippen LogP contribution >= 0.6 is 11.8 Å². The van der Waals surface area contributed by atoms with E-state index in [1.807, 2.05) is 43.3 Å². The van der Waals surface area contributed by atoms with Gasteiger partial charge >= 0.3 is 0 Å². The van der Waals surface area contributed by atoms with Crippen molar-refractivity contribution in [3.8, 4) is 17.6 Å². The average Bonchev–Trinajstić information content (AvgIpc) is 3.14. The zero-order valence-electron chi connectivity index (χ0n) is 17.3. The fraction of sp³-hybridized carbons (Fsp3) is 0.0417. The van der Waals surface area contributed by atoms with Gasteiger partial charge in [0.25, 0.3) is 11.6 Å². The summed E-state index contributed by atoms with van der Waals surface area (Å²) < 4.78 is 5.77. The maximum atomic E-state index is 12.4. The van der Waals surface area contributed by atoms with Gasteiger partial charge in [0.15, 0.2) is 5.17 Å². The molecule has 4 rings (SSSR count). The molecule has 0 bridgehead atoms. The number of rotatable bonds is 5. The second-order valence-corrected chi connectivity index (χ2v) is 8.07. The van der Waals surface area contributed by atoms with Crippen LogP contribution in [0.5, 0.6) is 11.5 Å². The van der Waals surface area contributed by atoms with E-state index in [-0.39, 0.29) is 22.9 Å². The summed E-state index contributed by atoms with van der Waals surface area (Å²) in [5.41, 5.74) is 2.44.